The minimum absolute atomic E-state index is 0.462. The Kier molecular flexibility index (Phi) is 5.19. The van der Waals surface area contributed by atoms with Crippen LogP contribution in [0.25, 0.3) is 0 Å². The molecule has 2 rings (SSSR count). The van der Waals surface area contributed by atoms with E-state index in [2.05, 4.69) is 36.3 Å². The van der Waals surface area contributed by atoms with Crippen molar-refractivity contribution >= 4 is 16.5 Å². The SMILES string of the molecule is CNC1CCCc2sc(N(C)CCCN(C)C)nc21. The lowest BCUT2D eigenvalue weighted by Gasteiger charge is -2.20. The highest BCUT2D eigenvalue weighted by atomic mass is 32.1. The number of nitrogens with one attached hydrogen (secondary N) is 1. The van der Waals surface area contributed by atoms with E-state index in [1.807, 2.05) is 18.4 Å². The van der Waals surface area contributed by atoms with Crippen LogP contribution in [-0.4, -0.2) is 51.2 Å². The summed E-state index contributed by atoms with van der Waals surface area (Å²) in [5.41, 5.74) is 1.30. The number of aromatic nitrogens is 1. The molecule has 5 heteroatoms. The quantitative estimate of drug-likeness (QED) is 0.866. The van der Waals surface area contributed by atoms with Crippen LogP contribution in [0.5, 0.6) is 0 Å². The fourth-order valence-electron chi connectivity index (χ4n) is 2.57. The Morgan fingerprint density at radius 1 is 1.32 bits per heavy atom. The van der Waals surface area contributed by atoms with Crippen LogP contribution in [0.3, 0.4) is 0 Å². The maximum Gasteiger partial charge on any atom is 0.185 e. The van der Waals surface area contributed by atoms with Gasteiger partial charge in [-0.25, -0.2) is 4.98 Å². The predicted octanol–water partition coefficient (Wildman–Crippen LogP) is 2.13. The topological polar surface area (TPSA) is 31.4 Å². The lowest BCUT2D eigenvalue weighted by Crippen LogP contribution is -2.24. The molecule has 0 radical (unpaired) electrons. The lowest BCUT2D eigenvalue weighted by molar-refractivity contribution is 0.401. The van der Waals surface area contributed by atoms with E-state index in [1.54, 1.807) is 0 Å². The molecule has 4 nitrogen and oxygen atoms in total. The van der Waals surface area contributed by atoms with Gasteiger partial charge in [-0.2, -0.15) is 0 Å². The van der Waals surface area contributed by atoms with Gasteiger partial charge in [-0.15, -0.1) is 11.3 Å². The van der Waals surface area contributed by atoms with Crippen molar-refractivity contribution < 1.29 is 0 Å². The third-order valence-electron chi connectivity index (χ3n) is 3.72. The minimum atomic E-state index is 0.462. The van der Waals surface area contributed by atoms with Gasteiger partial charge in [0.05, 0.1) is 11.7 Å². The zero-order valence-electron chi connectivity index (χ0n) is 12.6. The molecule has 0 bridgehead atoms. The molecule has 0 aromatic carbocycles. The molecule has 1 aromatic heterocycles. The zero-order chi connectivity index (χ0) is 13.8. The zero-order valence-corrected chi connectivity index (χ0v) is 13.4. The molecule has 1 unspecified atom stereocenters. The number of hydrogen-bond donors (Lipinski definition) is 1. The van der Waals surface area contributed by atoms with Crippen LogP contribution in [0.1, 0.15) is 35.9 Å². The molecule has 0 fully saturated rings. The van der Waals surface area contributed by atoms with E-state index < -0.39 is 0 Å². The standard InChI is InChI=1S/C14H26N4S/c1-15-11-7-5-8-12-13(11)16-14(19-12)18(4)10-6-9-17(2)3/h11,15H,5-10H2,1-4H3. The van der Waals surface area contributed by atoms with Gasteiger partial charge in [-0.05, 0) is 53.4 Å². The first kappa shape index (κ1) is 14.8. The fraction of sp³-hybridized carbons (Fsp3) is 0.786. The summed E-state index contributed by atoms with van der Waals surface area (Å²) in [5.74, 6) is 0. The Labute approximate surface area is 120 Å². The van der Waals surface area contributed by atoms with E-state index in [-0.39, 0.29) is 0 Å². The van der Waals surface area contributed by atoms with E-state index in [0.29, 0.717) is 6.04 Å². The molecule has 1 N–H and O–H groups in total. The molecular weight excluding hydrogens is 256 g/mol. The highest BCUT2D eigenvalue weighted by Gasteiger charge is 2.24. The summed E-state index contributed by atoms with van der Waals surface area (Å²) in [7, 11) is 8.45. The highest BCUT2D eigenvalue weighted by Crippen LogP contribution is 2.36. The average molecular weight is 282 g/mol. The molecule has 1 aromatic rings. The molecule has 0 amide bonds. The number of thiazole rings is 1. The summed E-state index contributed by atoms with van der Waals surface area (Å²) in [6, 6.07) is 0.462. The number of fused-ring (bicyclic) bond motifs is 1. The van der Waals surface area contributed by atoms with E-state index in [9.17, 15) is 0 Å². The Balaban J connectivity index is 1.99. The van der Waals surface area contributed by atoms with E-state index in [0.717, 1.165) is 13.1 Å². The van der Waals surface area contributed by atoms with Gasteiger partial charge in [0.25, 0.3) is 0 Å². The number of nitrogens with zero attached hydrogens (tertiary/aromatic N) is 3. The third-order valence-corrected chi connectivity index (χ3v) is 4.96. The molecule has 1 heterocycles. The first-order chi connectivity index (χ1) is 9.11. The summed E-state index contributed by atoms with van der Waals surface area (Å²) in [5, 5.41) is 4.58. The van der Waals surface area contributed by atoms with Crippen molar-refractivity contribution in [3.63, 3.8) is 0 Å². The summed E-state index contributed by atoms with van der Waals surface area (Å²) in [6.07, 6.45) is 4.89. The molecule has 0 saturated carbocycles. The van der Waals surface area contributed by atoms with Gasteiger partial charge in [-0.3, -0.25) is 0 Å². The van der Waals surface area contributed by atoms with Crippen molar-refractivity contribution in [2.45, 2.75) is 31.7 Å². The van der Waals surface area contributed by atoms with Crippen molar-refractivity contribution in [2.75, 3.05) is 46.2 Å². The maximum absolute atomic E-state index is 4.87. The molecule has 1 aliphatic carbocycles. The third kappa shape index (κ3) is 3.68. The summed E-state index contributed by atoms with van der Waals surface area (Å²) in [6.45, 7) is 2.21. The Morgan fingerprint density at radius 2 is 2.11 bits per heavy atom. The molecule has 1 aliphatic rings. The summed E-state index contributed by atoms with van der Waals surface area (Å²) in [4.78, 5) is 10.9. The highest BCUT2D eigenvalue weighted by molar-refractivity contribution is 7.15. The van der Waals surface area contributed by atoms with Crippen molar-refractivity contribution in [3.05, 3.63) is 10.6 Å². The van der Waals surface area contributed by atoms with Crippen molar-refractivity contribution in [3.8, 4) is 0 Å². The van der Waals surface area contributed by atoms with Gasteiger partial charge in [0.2, 0.25) is 0 Å². The second-order valence-electron chi connectivity index (χ2n) is 5.62. The molecule has 19 heavy (non-hydrogen) atoms. The van der Waals surface area contributed by atoms with Crippen LogP contribution in [0, 0.1) is 0 Å². The van der Waals surface area contributed by atoms with Crippen LogP contribution in [0.4, 0.5) is 5.13 Å². The van der Waals surface area contributed by atoms with E-state index in [4.69, 9.17) is 4.98 Å². The number of aryl methyl sites for hydroxylation is 1. The minimum Gasteiger partial charge on any atom is -0.351 e. The largest absolute Gasteiger partial charge is 0.351 e. The van der Waals surface area contributed by atoms with E-state index >= 15 is 0 Å². The van der Waals surface area contributed by atoms with Crippen LogP contribution in [-0.2, 0) is 6.42 Å². The fourth-order valence-corrected chi connectivity index (χ4v) is 3.72. The summed E-state index contributed by atoms with van der Waals surface area (Å²) < 4.78 is 0. The van der Waals surface area contributed by atoms with Crippen LogP contribution >= 0.6 is 11.3 Å². The van der Waals surface area contributed by atoms with Gasteiger partial charge < -0.3 is 15.1 Å². The summed E-state index contributed by atoms with van der Waals surface area (Å²) >= 11 is 1.88. The number of hydrogen-bond acceptors (Lipinski definition) is 5. The van der Waals surface area contributed by atoms with E-state index in [1.165, 1.54) is 41.4 Å². The smallest absolute Gasteiger partial charge is 0.185 e. The molecule has 1 atom stereocenters. The monoisotopic (exact) mass is 282 g/mol. The van der Waals surface area contributed by atoms with Crippen molar-refractivity contribution in [2.24, 2.45) is 0 Å². The molecule has 0 aliphatic heterocycles. The van der Waals surface area contributed by atoms with Crippen LogP contribution in [0.2, 0.25) is 0 Å². The van der Waals surface area contributed by atoms with Gasteiger partial charge in [-0.1, -0.05) is 0 Å². The first-order valence-electron chi connectivity index (χ1n) is 7.14. The lowest BCUT2D eigenvalue weighted by atomic mass is 9.98. The number of rotatable bonds is 6. The van der Waals surface area contributed by atoms with Gasteiger partial charge in [0.1, 0.15) is 0 Å². The first-order valence-corrected chi connectivity index (χ1v) is 7.96. The van der Waals surface area contributed by atoms with Gasteiger partial charge in [0, 0.05) is 18.5 Å². The molecule has 108 valence electrons. The van der Waals surface area contributed by atoms with Gasteiger partial charge in [0.15, 0.2) is 5.13 Å². The predicted molar refractivity (Wildman–Crippen MR) is 83.3 cm³/mol. The molecular formula is C14H26N4S. The Morgan fingerprint density at radius 3 is 2.79 bits per heavy atom. The van der Waals surface area contributed by atoms with Crippen LogP contribution in [0.15, 0.2) is 0 Å². The van der Waals surface area contributed by atoms with Crippen molar-refractivity contribution in [1.29, 1.82) is 0 Å². The normalized spacial score (nSPS) is 18.7. The van der Waals surface area contributed by atoms with Crippen molar-refractivity contribution in [1.82, 2.24) is 15.2 Å². The second kappa shape index (κ2) is 6.68. The number of anilines is 1. The average Bonchev–Trinajstić information content (AvgIpc) is 2.81. The molecule has 0 saturated heterocycles. The maximum atomic E-state index is 4.87. The Hall–Kier alpha value is -0.650. The van der Waals surface area contributed by atoms with Gasteiger partial charge >= 0.3 is 0 Å². The van der Waals surface area contributed by atoms with Crippen LogP contribution < -0.4 is 10.2 Å². The molecule has 0 spiro atoms. The Bertz CT molecular complexity index is 402. The second-order valence-corrected chi connectivity index (χ2v) is 6.68.